The zero-order valence-corrected chi connectivity index (χ0v) is 55.7. The SMILES string of the molecule is Nc1cc(Cl)c(-c2ccc(N3CCOCC3)cc2)nc1N.Nc1nc(-c2ccc(N3CCOCC3)cc2)c(Cl)cc1[N+](=O)[O-].Nc1nc(Cl)c(Cl)cc1[N+](=O)[O-].Nc1nc(Cl)ccc1[N+](=O)[O-].S=C1Cc2nc(-c3ccc(N4CCOCC4)cc3)c(Cl)cc2N1.[2H]C([3H])I. The zero-order valence-electron chi connectivity index (χ0n) is 50.2. The highest BCUT2D eigenvalue weighted by Gasteiger charge is 2.23. The molecule has 34 heteroatoms. The summed E-state index contributed by atoms with van der Waals surface area (Å²) in [6.45, 7) is 9.92. The van der Waals surface area contributed by atoms with Crippen LogP contribution >= 0.6 is 104 Å². The molecule has 0 aliphatic carbocycles. The van der Waals surface area contributed by atoms with E-state index in [2.05, 4.69) is 76.4 Å². The smallest absolute Gasteiger partial charge is 0.312 e. The van der Waals surface area contributed by atoms with Gasteiger partial charge in [0, 0.05) is 100 Å². The predicted molar refractivity (Wildman–Crippen MR) is 379 cm³/mol. The largest absolute Gasteiger partial charge is 0.396 e. The lowest BCUT2D eigenvalue weighted by Gasteiger charge is -2.28. The Bertz CT molecular complexity index is 3980. The molecule has 5 aromatic heterocycles. The van der Waals surface area contributed by atoms with Gasteiger partial charge in [0.15, 0.2) is 5.15 Å². The molecular formula is C58H58Cl6IN17O9S. The first-order valence-corrected chi connectivity index (χ1v) is 31.1. The number of halogens is 7. The molecule has 3 fully saturated rings. The van der Waals surface area contributed by atoms with E-state index in [0.717, 1.165) is 116 Å². The molecule has 0 amide bonds. The number of nitrogens with two attached hydrogens (primary N) is 5. The van der Waals surface area contributed by atoms with Gasteiger partial charge in [0.05, 0.1) is 114 Å². The maximum absolute atomic E-state index is 10.9. The molecule has 4 aliphatic heterocycles. The van der Waals surface area contributed by atoms with Crippen LogP contribution in [0.25, 0.3) is 33.8 Å². The minimum atomic E-state index is -0.697. The number of fused-ring (bicyclic) bond motifs is 1. The van der Waals surface area contributed by atoms with Gasteiger partial charge in [-0.25, -0.2) is 24.9 Å². The summed E-state index contributed by atoms with van der Waals surface area (Å²) in [4.78, 5) is 56.4. The molecule has 3 aromatic carbocycles. The van der Waals surface area contributed by atoms with Crippen molar-refractivity contribution in [3.8, 4) is 33.8 Å². The molecule has 1 unspecified atom stereocenters. The molecule has 1 atom stereocenters. The summed E-state index contributed by atoms with van der Waals surface area (Å²) in [6.07, 6.45) is 0.681. The number of ether oxygens (including phenoxy) is 3. The van der Waals surface area contributed by atoms with Crippen molar-refractivity contribution in [2.75, 3.05) is 132 Å². The monoisotopic (exact) mass is 1510 g/mol. The van der Waals surface area contributed by atoms with Crippen molar-refractivity contribution in [3.63, 3.8) is 0 Å². The number of benzene rings is 3. The molecule has 0 bridgehead atoms. The first kappa shape index (κ1) is 68.6. The number of anilines is 9. The van der Waals surface area contributed by atoms with Gasteiger partial charge in [0.25, 0.3) is 0 Å². The van der Waals surface area contributed by atoms with Crippen molar-refractivity contribution >= 4 is 178 Å². The van der Waals surface area contributed by atoms with E-state index >= 15 is 0 Å². The van der Waals surface area contributed by atoms with Gasteiger partial charge in [-0.1, -0.05) is 141 Å². The average Bonchev–Trinajstić information content (AvgIpc) is 1.77. The van der Waals surface area contributed by atoms with E-state index in [0.29, 0.717) is 52.6 Å². The van der Waals surface area contributed by atoms with Crippen LogP contribution in [0.15, 0.2) is 109 Å². The molecule has 26 nitrogen and oxygen atoms in total. The first-order chi connectivity index (χ1) is 44.8. The summed E-state index contributed by atoms with van der Waals surface area (Å²) in [5.74, 6) is -0.254. The summed E-state index contributed by atoms with van der Waals surface area (Å²) in [5.41, 5.74) is 37.0. The molecule has 0 radical (unpaired) electrons. The molecular weight excluding hydrogens is 1450 g/mol. The number of nitrogens with zero attached hydrogens (tertiary/aromatic N) is 11. The van der Waals surface area contributed by atoms with Crippen LogP contribution in [0.4, 0.5) is 68.8 Å². The Morgan fingerprint density at radius 1 is 0.522 bits per heavy atom. The Morgan fingerprint density at radius 3 is 1.29 bits per heavy atom. The average molecular weight is 1510 g/mol. The van der Waals surface area contributed by atoms with E-state index in [1.54, 1.807) is 28.7 Å². The van der Waals surface area contributed by atoms with Gasteiger partial charge in [0.2, 0.25) is 17.5 Å². The normalized spacial score (nSPS) is 14.6. The number of nitro groups is 3. The number of thiocarbonyl (C=S) groups is 1. The van der Waals surface area contributed by atoms with Crippen LogP contribution in [-0.4, -0.2) is 128 Å². The lowest BCUT2D eigenvalue weighted by molar-refractivity contribution is -0.384. The van der Waals surface area contributed by atoms with Crippen molar-refractivity contribution in [2.45, 2.75) is 6.42 Å². The standard InChI is InChI=1S/C17H16ClN3OS.C15H15ClN4O3.C15H17ClN4O.C5H3Cl2N3O2.C5H4ClN3O2.CH3I/c18-13-9-14-15(10-16(23)19-14)20-17(13)11-1-3-12(4-2-11)21-5-7-22-8-6-21;16-12-9-13(20(21)22)15(17)18-14(12)10-1-3-11(4-2-10)19-5-7-23-8-6-19;16-12-9-13(17)15(18)19-14(12)10-1-3-11(4-2-10)20-5-7-21-8-6-20;6-2-1-3(10(11)12)5(8)9-4(2)7;6-4-2-1-3(9(10)11)5(7)8-4;1-2/h1-4,9H,5-8,10H2,(H,19,23);1-4,9H,5-8H2,(H2,17,18);1-4,9H,5-8,17H2,(H2,18,19);1H,(H2,8,9);1-2H,(H2,7,8);1H3/i;;;;;1TD. The summed E-state index contributed by atoms with van der Waals surface area (Å²) < 4.78 is 28.6. The number of nitrogens with one attached hydrogen (secondary N) is 1. The Labute approximate surface area is 578 Å². The van der Waals surface area contributed by atoms with Crippen LogP contribution in [-0.2, 0) is 20.6 Å². The number of alkyl halides is 1. The third kappa shape index (κ3) is 19.4. The fraction of sp³-hybridized carbons (Fsp3) is 0.241. The maximum Gasteiger partial charge on any atom is 0.312 e. The second kappa shape index (κ2) is 34.2. The molecule has 0 spiro atoms. The molecule has 92 heavy (non-hydrogen) atoms. The second-order valence-electron chi connectivity index (χ2n) is 19.5. The van der Waals surface area contributed by atoms with Crippen LogP contribution in [0.5, 0.6) is 0 Å². The van der Waals surface area contributed by atoms with E-state index < -0.39 is 19.7 Å². The van der Waals surface area contributed by atoms with E-state index in [9.17, 15) is 30.3 Å². The van der Waals surface area contributed by atoms with Crippen LogP contribution in [0.1, 0.15) is 8.44 Å². The van der Waals surface area contributed by atoms with Crippen molar-refractivity contribution in [2.24, 2.45) is 0 Å². The minimum absolute atomic E-state index is 0.0116. The third-order valence-electron chi connectivity index (χ3n) is 13.6. The number of morpholine rings is 3. The lowest BCUT2D eigenvalue weighted by Crippen LogP contribution is -2.36. The van der Waals surface area contributed by atoms with Gasteiger partial charge in [-0.3, -0.25) is 30.3 Å². The highest BCUT2D eigenvalue weighted by Crippen LogP contribution is 2.37. The number of nitrogen functional groups attached to an aromatic ring is 5. The Balaban J connectivity index is 0.000000168. The molecule has 9 heterocycles. The Hall–Kier alpha value is -7.75. The van der Waals surface area contributed by atoms with Crippen LogP contribution in [0.2, 0.25) is 30.4 Å². The van der Waals surface area contributed by atoms with Gasteiger partial charge < -0.3 is 62.9 Å². The molecule has 0 saturated carbocycles. The van der Waals surface area contributed by atoms with Crippen molar-refractivity contribution in [1.82, 2.24) is 24.9 Å². The Kier molecular flexibility index (Phi) is 25.5. The minimum Gasteiger partial charge on any atom is -0.396 e. The topological polar surface area (TPSA) is 373 Å². The summed E-state index contributed by atoms with van der Waals surface area (Å²) in [5, 5.41) is 35.9. The fourth-order valence-corrected chi connectivity index (χ4v) is 10.5. The maximum atomic E-state index is 10.9. The zero-order chi connectivity index (χ0) is 68.3. The molecule has 3 saturated heterocycles. The summed E-state index contributed by atoms with van der Waals surface area (Å²) >= 11 is 41.9. The quantitative estimate of drug-likeness (QED) is 0.0195. The molecule has 12 rings (SSSR count). The van der Waals surface area contributed by atoms with Crippen molar-refractivity contribution < 1.29 is 31.7 Å². The molecule has 8 aromatic rings. The number of pyridine rings is 5. The molecule has 11 N–H and O–H groups in total. The van der Waals surface area contributed by atoms with E-state index in [-0.39, 0.29) is 54.9 Å². The molecule has 4 aliphatic rings. The predicted octanol–water partition coefficient (Wildman–Crippen LogP) is 12.8. The fourth-order valence-electron chi connectivity index (χ4n) is 9.05. The van der Waals surface area contributed by atoms with Gasteiger partial charge in [-0.05, 0) is 59.5 Å². The number of hydrogen-bond acceptors (Lipinski definition) is 23. The molecule has 484 valence electrons. The van der Waals surface area contributed by atoms with Gasteiger partial charge in [-0.15, -0.1) is 0 Å². The second-order valence-corrected chi connectivity index (χ2v) is 22.3. The highest BCUT2D eigenvalue weighted by molar-refractivity contribution is 14.1. The highest BCUT2D eigenvalue weighted by atomic mass is 127. The Morgan fingerprint density at radius 2 is 0.880 bits per heavy atom. The van der Waals surface area contributed by atoms with E-state index in [4.69, 9.17) is 132 Å². The van der Waals surface area contributed by atoms with Gasteiger partial charge >= 0.3 is 17.1 Å². The summed E-state index contributed by atoms with van der Waals surface area (Å²) in [7, 11) is 0. The first-order valence-electron chi connectivity index (χ1n) is 28.3. The number of rotatable bonds is 9. The van der Waals surface area contributed by atoms with Crippen LogP contribution in [0, 0.1) is 30.3 Å². The van der Waals surface area contributed by atoms with Crippen molar-refractivity contribution in [1.29, 1.82) is 0 Å². The van der Waals surface area contributed by atoms with Crippen molar-refractivity contribution in [3.05, 3.63) is 176 Å². The van der Waals surface area contributed by atoms with E-state index in [1.807, 2.05) is 42.5 Å². The van der Waals surface area contributed by atoms with Gasteiger partial charge in [-0.2, -0.15) is 0 Å². The summed E-state index contributed by atoms with van der Waals surface area (Å²) in [6, 6.07) is 32.6. The van der Waals surface area contributed by atoms with Crippen LogP contribution in [0.3, 0.4) is 0 Å². The van der Waals surface area contributed by atoms with Crippen LogP contribution < -0.4 is 48.7 Å². The number of hydrogen-bond donors (Lipinski definition) is 6. The van der Waals surface area contributed by atoms with E-state index in [1.165, 1.54) is 29.6 Å². The third-order valence-corrected chi connectivity index (χ3v) is 15.6. The lowest BCUT2D eigenvalue weighted by atomic mass is 10.1. The number of aromatic nitrogens is 5. The van der Waals surface area contributed by atoms with Gasteiger partial charge in [0.1, 0.15) is 11.0 Å².